The van der Waals surface area contributed by atoms with Crippen LogP contribution in [0.25, 0.3) is 0 Å². The summed E-state index contributed by atoms with van der Waals surface area (Å²) < 4.78 is 190. The smallest absolute Gasteiger partial charge is 0.460 e. The molecule has 44 heavy (non-hydrogen) atoms. The van der Waals surface area contributed by atoms with E-state index in [4.69, 9.17) is 14.6 Å². The van der Waals surface area contributed by atoms with Crippen LogP contribution >= 0.6 is 0 Å². The Balaban J connectivity index is 3.19. The van der Waals surface area contributed by atoms with Crippen molar-refractivity contribution in [2.24, 2.45) is 0 Å². The Morgan fingerprint density at radius 2 is 1.32 bits per heavy atom. The predicted molar refractivity (Wildman–Crippen MR) is 123 cm³/mol. The molecule has 1 rings (SSSR count). The first-order valence-corrected chi connectivity index (χ1v) is 12.2. The van der Waals surface area contributed by atoms with Crippen molar-refractivity contribution >= 4 is 12.1 Å². The zero-order valence-corrected chi connectivity index (χ0v) is 22.8. The predicted octanol–water partition coefficient (Wildman–Crippen LogP) is 6.68. The molecule has 20 heteroatoms. The molecule has 0 aliphatic heterocycles. The number of nitrogens with zero attached hydrogens (tertiary/aromatic N) is 1. The zero-order chi connectivity index (χ0) is 34.5. The van der Waals surface area contributed by atoms with Crippen LogP contribution in [0.4, 0.5) is 61.9 Å². The number of hydrogen-bond donors (Lipinski definition) is 1. The van der Waals surface area contributed by atoms with Crippen LogP contribution in [0.1, 0.15) is 26.3 Å². The van der Waals surface area contributed by atoms with Crippen molar-refractivity contribution in [2.75, 3.05) is 26.3 Å². The van der Waals surface area contributed by atoms with Gasteiger partial charge in [0.2, 0.25) is 0 Å². The maximum Gasteiger partial charge on any atom is 0.460 e. The second kappa shape index (κ2) is 13.8. The summed E-state index contributed by atoms with van der Waals surface area (Å²) in [5.41, 5.74) is 0.413. The maximum absolute atomic E-state index is 14.4. The molecule has 0 spiro atoms. The number of carbonyl (C=O) groups excluding carboxylic acids is 1. The quantitative estimate of drug-likeness (QED) is 0.198. The lowest BCUT2D eigenvalue weighted by Crippen LogP contribution is -2.71. The molecular weight excluding hydrogens is 645 g/mol. The highest BCUT2D eigenvalue weighted by atomic mass is 19.4. The van der Waals surface area contributed by atoms with Gasteiger partial charge in [0.05, 0.1) is 19.2 Å². The van der Waals surface area contributed by atoms with Gasteiger partial charge in [-0.25, -0.2) is 9.59 Å². The first-order chi connectivity index (χ1) is 19.8. The molecule has 1 N–H and O–H groups in total. The van der Waals surface area contributed by atoms with Crippen molar-refractivity contribution in [2.45, 2.75) is 75.2 Å². The van der Waals surface area contributed by atoms with Crippen LogP contribution in [0.3, 0.4) is 0 Å². The van der Waals surface area contributed by atoms with Crippen molar-refractivity contribution in [1.82, 2.24) is 4.90 Å². The van der Waals surface area contributed by atoms with Crippen LogP contribution in [0, 0.1) is 0 Å². The van der Waals surface area contributed by atoms with Crippen LogP contribution < -0.4 is 4.74 Å². The normalized spacial score (nSPS) is 14.4. The molecule has 0 fully saturated rings. The summed E-state index contributed by atoms with van der Waals surface area (Å²) in [7, 11) is 0. The average molecular weight is 671 g/mol. The van der Waals surface area contributed by atoms with Gasteiger partial charge in [0.25, 0.3) is 0 Å². The average Bonchev–Trinajstić information content (AvgIpc) is 2.87. The highest BCUT2D eigenvalue weighted by Gasteiger charge is 2.90. The topological polar surface area (TPSA) is 85.3 Å². The van der Waals surface area contributed by atoms with E-state index in [1.807, 2.05) is 0 Å². The third-order valence-electron chi connectivity index (χ3n) is 5.60. The molecule has 1 atom stereocenters. The van der Waals surface area contributed by atoms with E-state index in [9.17, 15) is 66.7 Å². The van der Waals surface area contributed by atoms with Crippen molar-refractivity contribution in [3.63, 3.8) is 0 Å². The van der Waals surface area contributed by atoms with Crippen molar-refractivity contribution < 1.29 is 86.0 Å². The summed E-state index contributed by atoms with van der Waals surface area (Å²) in [6, 6.07) is 5.10. The molecular formula is C24H26F13NO6. The molecule has 0 aliphatic rings. The van der Waals surface area contributed by atoms with Crippen LogP contribution in [-0.4, -0.2) is 96.4 Å². The van der Waals surface area contributed by atoms with E-state index in [1.165, 1.54) is 24.3 Å². The summed E-state index contributed by atoms with van der Waals surface area (Å²) in [6.45, 7) is -1.12. The summed E-state index contributed by atoms with van der Waals surface area (Å²) in [5, 5.41) is 9.12. The lowest BCUT2D eigenvalue weighted by molar-refractivity contribution is -0.440. The van der Waals surface area contributed by atoms with Gasteiger partial charge in [-0.05, 0) is 38.5 Å². The molecule has 7 nitrogen and oxygen atoms in total. The Morgan fingerprint density at radius 3 is 1.75 bits per heavy atom. The minimum Gasteiger partial charge on any atom is -0.492 e. The van der Waals surface area contributed by atoms with Gasteiger partial charge in [0.15, 0.2) is 6.10 Å². The molecule has 0 saturated carbocycles. The number of rotatable bonds is 16. The maximum atomic E-state index is 14.4. The van der Waals surface area contributed by atoms with E-state index < -0.39 is 84.7 Å². The minimum atomic E-state index is -8.07. The van der Waals surface area contributed by atoms with Crippen molar-refractivity contribution in [3.8, 4) is 5.75 Å². The fourth-order valence-corrected chi connectivity index (χ4v) is 3.28. The van der Waals surface area contributed by atoms with Gasteiger partial charge < -0.3 is 19.3 Å². The minimum absolute atomic E-state index is 0.0823. The number of carboxylic acid groups (broad SMARTS) is 1. The van der Waals surface area contributed by atoms with Gasteiger partial charge in [-0.2, -0.15) is 57.1 Å². The third kappa shape index (κ3) is 8.29. The van der Waals surface area contributed by atoms with Gasteiger partial charge in [-0.15, -0.1) is 0 Å². The monoisotopic (exact) mass is 671 g/mol. The molecule has 0 saturated heterocycles. The van der Waals surface area contributed by atoms with Crippen LogP contribution in [0.15, 0.2) is 24.3 Å². The zero-order valence-electron chi connectivity index (χ0n) is 22.8. The molecule has 1 aromatic carbocycles. The van der Waals surface area contributed by atoms with E-state index in [1.54, 1.807) is 6.92 Å². The molecule has 0 radical (unpaired) electrons. The molecule has 254 valence electrons. The highest BCUT2D eigenvalue weighted by Crippen LogP contribution is 2.60. The van der Waals surface area contributed by atoms with E-state index in [-0.39, 0.29) is 18.8 Å². The van der Waals surface area contributed by atoms with Gasteiger partial charge in [-0.1, -0.05) is 12.1 Å². The summed E-state index contributed by atoms with van der Waals surface area (Å²) in [4.78, 5) is 23.0. The summed E-state index contributed by atoms with van der Waals surface area (Å²) in [5.74, 6) is -39.4. The van der Waals surface area contributed by atoms with E-state index in [0.29, 0.717) is 5.56 Å². The Labute approximate surface area is 240 Å². The molecule has 0 heterocycles. The van der Waals surface area contributed by atoms with Crippen molar-refractivity contribution in [1.29, 1.82) is 0 Å². The van der Waals surface area contributed by atoms with Crippen molar-refractivity contribution in [3.05, 3.63) is 29.8 Å². The van der Waals surface area contributed by atoms with Gasteiger partial charge >= 0.3 is 47.9 Å². The second-order valence-electron chi connectivity index (χ2n) is 9.33. The Morgan fingerprint density at radius 1 is 0.818 bits per heavy atom. The number of carbonyl (C=O) groups is 2. The van der Waals surface area contributed by atoms with Gasteiger partial charge in [0, 0.05) is 13.0 Å². The largest absolute Gasteiger partial charge is 0.492 e. The van der Waals surface area contributed by atoms with Crippen LogP contribution in [0.5, 0.6) is 5.75 Å². The molecule has 0 aromatic heterocycles. The molecule has 1 aromatic rings. The fourth-order valence-electron chi connectivity index (χ4n) is 3.28. The number of carboxylic acids is 1. The van der Waals surface area contributed by atoms with Crippen LogP contribution in [0.2, 0.25) is 0 Å². The molecule has 0 bridgehead atoms. The number of hydrogen-bond acceptors (Lipinski definition) is 5. The van der Waals surface area contributed by atoms with E-state index in [2.05, 4.69) is 4.74 Å². The number of aliphatic carboxylic acids is 1. The number of amides is 1. The van der Waals surface area contributed by atoms with E-state index >= 15 is 0 Å². The first kappa shape index (κ1) is 38.8. The third-order valence-corrected chi connectivity index (χ3v) is 5.60. The number of ether oxygens (including phenoxy) is 3. The standard InChI is InChI=1S/C24H26F13NO6/c1-4-42-16(17(39)40)11-14-5-7-15(8-6-14)43-10-9-38(18(41)44-13(2)3)12-19(25,26)20(27,28)21(29,30)22(31,32)23(33,34)24(35,36)37/h5-8,13,16H,4,9-12H2,1-3H3,(H,39,40). The summed E-state index contributed by atoms with van der Waals surface area (Å²) in [6.07, 6.45) is -11.9. The lowest BCUT2D eigenvalue weighted by atomic mass is 9.93. The van der Waals surface area contributed by atoms with Gasteiger partial charge in [0.1, 0.15) is 12.4 Å². The summed E-state index contributed by atoms with van der Waals surface area (Å²) >= 11 is 0. The second-order valence-corrected chi connectivity index (χ2v) is 9.33. The van der Waals surface area contributed by atoms with Gasteiger partial charge in [-0.3, -0.25) is 4.90 Å². The Kier molecular flexibility index (Phi) is 12.2. The highest BCUT2D eigenvalue weighted by molar-refractivity contribution is 5.72. The molecule has 1 unspecified atom stereocenters. The Bertz CT molecular complexity index is 1110. The molecule has 0 aliphatic carbocycles. The van der Waals surface area contributed by atoms with E-state index in [0.717, 1.165) is 13.8 Å². The SMILES string of the molecule is CCOC(Cc1ccc(OCCN(CC(F)(F)C(F)(F)C(F)(F)C(F)(F)C(F)(F)C(F)(F)F)C(=O)OC(C)C)cc1)C(=O)O. The molecule has 1 amide bonds. The number of benzene rings is 1. The lowest BCUT2D eigenvalue weighted by Gasteiger charge is -2.40. The Hall–Kier alpha value is -3.19. The van der Waals surface area contributed by atoms with Crippen LogP contribution in [-0.2, 0) is 20.7 Å². The number of halogens is 13. The fraction of sp³-hybridized carbons (Fsp3) is 0.667. The first-order valence-electron chi connectivity index (χ1n) is 12.2. The number of alkyl halides is 13.